The minimum Gasteiger partial charge on any atom is -0.491 e. The minimum atomic E-state index is -0.986. The van der Waals surface area contributed by atoms with Crippen molar-refractivity contribution in [1.82, 2.24) is 0 Å². The second-order valence-electron chi connectivity index (χ2n) is 5.85. The molecule has 2 aromatic carbocycles. The maximum atomic E-state index is 11.7. The molecule has 24 heavy (non-hydrogen) atoms. The number of carboxylic acid groups (broad SMARTS) is 1. The molecule has 0 bridgehead atoms. The van der Waals surface area contributed by atoms with E-state index in [0.29, 0.717) is 22.6 Å². The number of carboxylic acids is 1. The van der Waals surface area contributed by atoms with Gasteiger partial charge in [-0.2, -0.15) is 5.26 Å². The maximum Gasteiger partial charge on any atom is 0.330 e. The minimum absolute atomic E-state index is 0.00872. The number of nitrogens with one attached hydrogen (secondary N) is 1. The van der Waals surface area contributed by atoms with E-state index in [-0.39, 0.29) is 6.10 Å². The highest BCUT2D eigenvalue weighted by Crippen LogP contribution is 2.26. The Labute approximate surface area is 141 Å². The van der Waals surface area contributed by atoms with Gasteiger partial charge >= 0.3 is 5.97 Å². The van der Waals surface area contributed by atoms with Crippen LogP contribution in [0.2, 0.25) is 0 Å². The SMILES string of the molecule is Cc1cc(OC(C)C)cc(C(Nc2ccc(C#N)cc2)C(=O)O)c1. The van der Waals surface area contributed by atoms with Crippen molar-refractivity contribution in [2.75, 3.05) is 5.32 Å². The van der Waals surface area contributed by atoms with E-state index in [2.05, 4.69) is 5.32 Å². The molecule has 1 unspecified atom stereocenters. The van der Waals surface area contributed by atoms with E-state index >= 15 is 0 Å². The molecule has 0 saturated heterocycles. The second-order valence-corrected chi connectivity index (χ2v) is 5.85. The van der Waals surface area contributed by atoms with Crippen LogP contribution < -0.4 is 10.1 Å². The molecule has 2 N–H and O–H groups in total. The van der Waals surface area contributed by atoms with Gasteiger partial charge in [-0.25, -0.2) is 4.79 Å². The van der Waals surface area contributed by atoms with E-state index in [1.165, 1.54) is 0 Å². The van der Waals surface area contributed by atoms with Gasteiger partial charge < -0.3 is 15.2 Å². The first-order chi connectivity index (χ1) is 11.4. The molecule has 2 rings (SSSR count). The molecule has 1 atom stereocenters. The first kappa shape index (κ1) is 17.4. The Hall–Kier alpha value is -3.00. The highest BCUT2D eigenvalue weighted by atomic mass is 16.5. The van der Waals surface area contributed by atoms with Crippen molar-refractivity contribution in [2.45, 2.75) is 32.9 Å². The standard InChI is InChI=1S/C19H20N2O3/c1-12(2)24-17-9-13(3)8-15(10-17)18(19(22)23)21-16-6-4-14(11-20)5-7-16/h4-10,12,18,21H,1-3H3,(H,22,23). The molecule has 0 aliphatic heterocycles. The molecule has 0 radical (unpaired) electrons. The Kier molecular flexibility index (Phi) is 5.43. The third-order valence-electron chi connectivity index (χ3n) is 3.35. The molecule has 0 aliphatic carbocycles. The smallest absolute Gasteiger partial charge is 0.330 e. The van der Waals surface area contributed by atoms with Crippen LogP contribution in [0.1, 0.15) is 36.6 Å². The van der Waals surface area contributed by atoms with E-state index in [9.17, 15) is 9.90 Å². The fraction of sp³-hybridized carbons (Fsp3) is 0.263. The molecule has 0 saturated carbocycles. The largest absolute Gasteiger partial charge is 0.491 e. The fourth-order valence-electron chi connectivity index (χ4n) is 2.38. The number of benzene rings is 2. The number of nitrogens with zero attached hydrogens (tertiary/aromatic N) is 1. The first-order valence-corrected chi connectivity index (χ1v) is 7.67. The highest BCUT2D eigenvalue weighted by Gasteiger charge is 2.21. The summed E-state index contributed by atoms with van der Waals surface area (Å²) in [5.41, 5.74) is 2.70. The lowest BCUT2D eigenvalue weighted by atomic mass is 10.0. The van der Waals surface area contributed by atoms with Crippen LogP contribution >= 0.6 is 0 Å². The number of carbonyl (C=O) groups is 1. The van der Waals surface area contributed by atoms with E-state index in [0.717, 1.165) is 5.56 Å². The number of hydrogen-bond acceptors (Lipinski definition) is 4. The van der Waals surface area contributed by atoms with Crippen LogP contribution in [0, 0.1) is 18.3 Å². The molecule has 124 valence electrons. The molecule has 0 aromatic heterocycles. The van der Waals surface area contributed by atoms with Gasteiger partial charge in [0.05, 0.1) is 17.7 Å². The van der Waals surface area contributed by atoms with Gasteiger partial charge in [0, 0.05) is 5.69 Å². The van der Waals surface area contributed by atoms with Gasteiger partial charge in [-0.1, -0.05) is 6.07 Å². The maximum absolute atomic E-state index is 11.7. The molecule has 0 aliphatic rings. The van der Waals surface area contributed by atoms with Gasteiger partial charge in [0.2, 0.25) is 0 Å². The van der Waals surface area contributed by atoms with Crippen LogP contribution in [-0.2, 0) is 4.79 Å². The zero-order chi connectivity index (χ0) is 17.7. The average Bonchev–Trinajstić information content (AvgIpc) is 2.51. The molecule has 0 fully saturated rings. The fourth-order valence-corrected chi connectivity index (χ4v) is 2.38. The Morgan fingerprint density at radius 3 is 2.42 bits per heavy atom. The zero-order valence-electron chi connectivity index (χ0n) is 13.9. The van der Waals surface area contributed by atoms with Crippen molar-refractivity contribution in [3.05, 3.63) is 59.2 Å². The van der Waals surface area contributed by atoms with Crippen molar-refractivity contribution in [3.63, 3.8) is 0 Å². The summed E-state index contributed by atoms with van der Waals surface area (Å²) >= 11 is 0. The van der Waals surface area contributed by atoms with Crippen molar-refractivity contribution >= 4 is 11.7 Å². The van der Waals surface area contributed by atoms with Gasteiger partial charge in [0.25, 0.3) is 0 Å². The summed E-state index contributed by atoms with van der Waals surface area (Å²) in [6.45, 7) is 5.74. The summed E-state index contributed by atoms with van der Waals surface area (Å²) in [5, 5.41) is 21.4. The van der Waals surface area contributed by atoms with Gasteiger partial charge in [-0.05, 0) is 68.3 Å². The second kappa shape index (κ2) is 7.51. The monoisotopic (exact) mass is 324 g/mol. The van der Waals surface area contributed by atoms with E-state index in [4.69, 9.17) is 10.00 Å². The van der Waals surface area contributed by atoms with Crippen LogP contribution in [-0.4, -0.2) is 17.2 Å². The van der Waals surface area contributed by atoms with Crippen molar-refractivity contribution in [1.29, 1.82) is 5.26 Å². The summed E-state index contributed by atoms with van der Waals surface area (Å²) in [6.07, 6.45) is 0.00872. The van der Waals surface area contributed by atoms with Gasteiger partial charge in [0.1, 0.15) is 5.75 Å². The molecule has 0 heterocycles. The highest BCUT2D eigenvalue weighted by molar-refractivity contribution is 5.79. The van der Waals surface area contributed by atoms with Gasteiger partial charge in [-0.15, -0.1) is 0 Å². The molecule has 5 nitrogen and oxygen atoms in total. The van der Waals surface area contributed by atoms with Crippen LogP contribution in [0.5, 0.6) is 5.75 Å². The summed E-state index contributed by atoms with van der Waals surface area (Å²) in [7, 11) is 0. The quantitative estimate of drug-likeness (QED) is 0.842. The topological polar surface area (TPSA) is 82.3 Å². The molecular weight excluding hydrogens is 304 g/mol. The normalized spacial score (nSPS) is 11.6. The summed E-state index contributed by atoms with van der Waals surface area (Å²) in [5.74, 6) is -0.340. The Bertz CT molecular complexity index is 761. The van der Waals surface area contributed by atoms with Crippen LogP contribution in [0.15, 0.2) is 42.5 Å². The number of hydrogen-bond donors (Lipinski definition) is 2. The van der Waals surface area contributed by atoms with Crippen LogP contribution in [0.25, 0.3) is 0 Å². The number of aryl methyl sites for hydroxylation is 1. The molecular formula is C19H20N2O3. The predicted octanol–water partition coefficient (Wildman–Crippen LogP) is 3.89. The van der Waals surface area contributed by atoms with Gasteiger partial charge in [0.15, 0.2) is 6.04 Å². The van der Waals surface area contributed by atoms with Crippen molar-refractivity contribution in [2.24, 2.45) is 0 Å². The van der Waals surface area contributed by atoms with Crippen LogP contribution in [0.3, 0.4) is 0 Å². The zero-order valence-corrected chi connectivity index (χ0v) is 13.9. The molecule has 0 spiro atoms. The average molecular weight is 324 g/mol. The van der Waals surface area contributed by atoms with E-state index in [1.807, 2.05) is 39.0 Å². The third-order valence-corrected chi connectivity index (χ3v) is 3.35. The molecule has 5 heteroatoms. The first-order valence-electron chi connectivity index (χ1n) is 7.67. The van der Waals surface area contributed by atoms with Crippen molar-refractivity contribution < 1.29 is 14.6 Å². The molecule has 2 aromatic rings. The summed E-state index contributed by atoms with van der Waals surface area (Å²) in [6, 6.07) is 13.2. The Morgan fingerprint density at radius 1 is 1.21 bits per heavy atom. The third kappa shape index (κ3) is 4.50. The lowest BCUT2D eigenvalue weighted by molar-refractivity contribution is -0.138. The number of aliphatic carboxylic acids is 1. The number of rotatable bonds is 6. The summed E-state index contributed by atoms with van der Waals surface area (Å²) < 4.78 is 5.69. The lowest BCUT2D eigenvalue weighted by Gasteiger charge is -2.19. The van der Waals surface area contributed by atoms with E-state index in [1.54, 1.807) is 30.3 Å². The number of nitriles is 1. The van der Waals surface area contributed by atoms with Crippen molar-refractivity contribution in [3.8, 4) is 11.8 Å². The summed E-state index contributed by atoms with van der Waals surface area (Å²) in [4.78, 5) is 11.7. The van der Waals surface area contributed by atoms with Gasteiger partial charge in [-0.3, -0.25) is 0 Å². The number of ether oxygens (including phenoxy) is 1. The Balaban J connectivity index is 2.31. The molecule has 0 amide bonds. The van der Waals surface area contributed by atoms with E-state index < -0.39 is 12.0 Å². The predicted molar refractivity (Wildman–Crippen MR) is 92.1 cm³/mol. The number of anilines is 1. The van der Waals surface area contributed by atoms with Crippen LogP contribution in [0.4, 0.5) is 5.69 Å². The lowest BCUT2D eigenvalue weighted by Crippen LogP contribution is -2.21. The Morgan fingerprint density at radius 2 is 1.88 bits per heavy atom.